The van der Waals surface area contributed by atoms with E-state index in [-0.39, 0.29) is 11.0 Å². The van der Waals surface area contributed by atoms with Gasteiger partial charge in [-0.3, -0.25) is 4.79 Å². The molecule has 0 unspecified atom stereocenters. The molecule has 206 valence electrons. The van der Waals surface area contributed by atoms with Crippen LogP contribution in [0.15, 0.2) is 94.1 Å². The predicted molar refractivity (Wildman–Crippen MR) is 158 cm³/mol. The Kier molecular flexibility index (Phi) is 6.48. The summed E-state index contributed by atoms with van der Waals surface area (Å²) in [6.07, 6.45) is 0. The van der Waals surface area contributed by atoms with E-state index in [1.165, 1.54) is 12.1 Å². The number of rotatable bonds is 6. The van der Waals surface area contributed by atoms with Gasteiger partial charge in [0.2, 0.25) is 0 Å². The highest BCUT2D eigenvalue weighted by atomic mass is 16.7. The van der Waals surface area contributed by atoms with E-state index in [1.807, 2.05) is 64.1 Å². The Hall–Kier alpha value is -4.40. The van der Waals surface area contributed by atoms with E-state index >= 15 is 0 Å². The van der Waals surface area contributed by atoms with E-state index in [0.717, 1.165) is 11.0 Å². The molecule has 0 saturated carbocycles. The first kappa shape index (κ1) is 26.8. The molecule has 0 aromatic heterocycles. The van der Waals surface area contributed by atoms with Crippen molar-refractivity contribution in [2.24, 2.45) is 0 Å². The van der Waals surface area contributed by atoms with Crippen molar-refractivity contribution < 1.29 is 28.4 Å². The molecule has 0 spiro atoms. The van der Waals surface area contributed by atoms with E-state index in [0.29, 0.717) is 45.8 Å². The fourth-order valence-corrected chi connectivity index (χ4v) is 5.04. The number of carbonyl (C=O) groups is 1. The maximum absolute atomic E-state index is 12.1. The summed E-state index contributed by atoms with van der Waals surface area (Å²) in [7, 11) is -0.429. The highest BCUT2D eigenvalue weighted by Gasteiger charge is 2.51. The van der Waals surface area contributed by atoms with Crippen LogP contribution in [0.25, 0.3) is 33.4 Å². The van der Waals surface area contributed by atoms with Crippen LogP contribution in [0.4, 0.5) is 0 Å². The van der Waals surface area contributed by atoms with Gasteiger partial charge in [-0.15, -0.1) is 0 Å². The SMILES string of the molecule is CC1(C)OB(c2ccc(COc3ccc4c(-c5ccccc5C(=O)O)c5ccc(=O)cc-5oc4c3)cc2)OC1(C)C. The summed E-state index contributed by atoms with van der Waals surface area (Å²) in [5.74, 6) is -0.0883. The molecular formula is C33H29BO7. The second-order valence-corrected chi connectivity index (χ2v) is 11.3. The monoisotopic (exact) mass is 548 g/mol. The summed E-state index contributed by atoms with van der Waals surface area (Å²) in [6.45, 7) is 8.44. The van der Waals surface area contributed by atoms with Crippen molar-refractivity contribution in [3.05, 3.63) is 106 Å². The lowest BCUT2D eigenvalue weighted by molar-refractivity contribution is 0.00578. The van der Waals surface area contributed by atoms with Crippen molar-refractivity contribution in [3.63, 3.8) is 0 Å². The van der Waals surface area contributed by atoms with Crippen LogP contribution < -0.4 is 15.6 Å². The summed E-state index contributed by atoms with van der Waals surface area (Å²) in [6, 6.07) is 24.7. The molecule has 1 fully saturated rings. The summed E-state index contributed by atoms with van der Waals surface area (Å²) in [5.41, 5.74) is 3.42. The maximum atomic E-state index is 12.1. The zero-order chi connectivity index (χ0) is 28.9. The lowest BCUT2D eigenvalue weighted by Crippen LogP contribution is -2.41. The molecule has 1 N–H and O–H groups in total. The molecule has 0 bridgehead atoms. The van der Waals surface area contributed by atoms with Gasteiger partial charge in [0, 0.05) is 28.6 Å². The van der Waals surface area contributed by atoms with Gasteiger partial charge < -0.3 is 23.6 Å². The zero-order valence-corrected chi connectivity index (χ0v) is 23.3. The molecule has 3 aliphatic rings. The van der Waals surface area contributed by atoms with Crippen molar-refractivity contribution in [1.29, 1.82) is 0 Å². The van der Waals surface area contributed by atoms with Crippen molar-refractivity contribution in [2.75, 3.05) is 0 Å². The Morgan fingerprint density at radius 2 is 1.56 bits per heavy atom. The van der Waals surface area contributed by atoms with Crippen LogP contribution in [0.1, 0.15) is 43.6 Å². The van der Waals surface area contributed by atoms with E-state index < -0.39 is 24.3 Å². The van der Waals surface area contributed by atoms with Gasteiger partial charge in [-0.2, -0.15) is 0 Å². The molecular weight excluding hydrogens is 519 g/mol. The van der Waals surface area contributed by atoms with Crippen molar-refractivity contribution in [2.45, 2.75) is 45.5 Å². The number of carboxylic acids is 1. The van der Waals surface area contributed by atoms with Crippen LogP contribution in [0.5, 0.6) is 5.75 Å². The average molecular weight is 548 g/mol. The van der Waals surface area contributed by atoms with E-state index in [1.54, 1.807) is 36.4 Å². The molecule has 7 nitrogen and oxygen atoms in total. The van der Waals surface area contributed by atoms with Crippen molar-refractivity contribution in [1.82, 2.24) is 0 Å². The third-order valence-electron chi connectivity index (χ3n) is 8.00. The molecule has 3 aromatic rings. The third kappa shape index (κ3) is 4.90. The average Bonchev–Trinajstić information content (AvgIpc) is 3.16. The highest BCUT2D eigenvalue weighted by Crippen LogP contribution is 2.42. The van der Waals surface area contributed by atoms with Crippen LogP contribution in [0, 0.1) is 0 Å². The Labute approximate surface area is 237 Å². The van der Waals surface area contributed by atoms with Gasteiger partial charge in [-0.25, -0.2) is 4.79 Å². The molecule has 0 amide bonds. The van der Waals surface area contributed by atoms with Crippen molar-refractivity contribution in [3.8, 4) is 28.2 Å². The predicted octanol–water partition coefficient (Wildman–Crippen LogP) is 6.14. The molecule has 41 heavy (non-hydrogen) atoms. The number of benzene rings is 4. The summed E-state index contributed by atoms with van der Waals surface area (Å²) < 4.78 is 24.5. The largest absolute Gasteiger partial charge is 0.494 e. The minimum absolute atomic E-state index is 0.164. The van der Waals surface area contributed by atoms with Crippen LogP contribution in [0.3, 0.4) is 0 Å². The quantitative estimate of drug-likeness (QED) is 0.201. The van der Waals surface area contributed by atoms with Gasteiger partial charge in [0.05, 0.1) is 16.8 Å². The molecule has 0 radical (unpaired) electrons. The fraction of sp³-hybridized carbons (Fsp3) is 0.212. The fourth-order valence-electron chi connectivity index (χ4n) is 5.04. The number of aromatic carboxylic acids is 1. The summed E-state index contributed by atoms with van der Waals surface area (Å²) >= 11 is 0. The Balaban J connectivity index is 1.30. The molecule has 0 atom stereocenters. The van der Waals surface area contributed by atoms with Crippen molar-refractivity contribution >= 4 is 29.5 Å². The summed E-state index contributed by atoms with van der Waals surface area (Å²) in [4.78, 5) is 24.2. The standard InChI is InChI=1S/C33H29BO7/c1-32(2)33(3,4)41-34(40-32)21-11-9-20(10-12-21)19-38-23-14-16-27-29(18-23)39-28-17-22(35)13-15-26(28)30(27)24-7-5-6-8-25(24)31(36)37/h5-18H,19H2,1-4H3,(H,36,37). The minimum atomic E-state index is -1.03. The van der Waals surface area contributed by atoms with Gasteiger partial charge in [0.15, 0.2) is 5.43 Å². The maximum Gasteiger partial charge on any atom is 0.494 e. The lowest BCUT2D eigenvalue weighted by atomic mass is 9.79. The van der Waals surface area contributed by atoms with Gasteiger partial charge in [0.25, 0.3) is 0 Å². The number of hydrogen-bond donors (Lipinski definition) is 1. The first-order chi connectivity index (χ1) is 19.5. The number of hydrogen-bond acceptors (Lipinski definition) is 6. The molecule has 1 saturated heterocycles. The van der Waals surface area contributed by atoms with Gasteiger partial charge in [0.1, 0.15) is 23.7 Å². The molecule has 2 heterocycles. The first-order valence-corrected chi connectivity index (χ1v) is 13.4. The van der Waals surface area contributed by atoms with Crippen LogP contribution in [-0.4, -0.2) is 29.4 Å². The minimum Gasteiger partial charge on any atom is -0.489 e. The molecule has 2 aliphatic heterocycles. The lowest BCUT2D eigenvalue weighted by Gasteiger charge is -2.32. The Morgan fingerprint density at radius 3 is 2.27 bits per heavy atom. The molecule has 8 heteroatoms. The Morgan fingerprint density at radius 1 is 0.854 bits per heavy atom. The van der Waals surface area contributed by atoms with E-state index in [4.69, 9.17) is 18.5 Å². The second kappa shape index (κ2) is 9.91. The highest BCUT2D eigenvalue weighted by molar-refractivity contribution is 6.62. The van der Waals surface area contributed by atoms with Crippen LogP contribution in [-0.2, 0) is 15.9 Å². The second-order valence-electron chi connectivity index (χ2n) is 11.3. The summed E-state index contributed by atoms with van der Waals surface area (Å²) in [5, 5.41) is 10.6. The number of carboxylic acid groups (broad SMARTS) is 1. The first-order valence-electron chi connectivity index (χ1n) is 13.4. The van der Waals surface area contributed by atoms with E-state index in [9.17, 15) is 14.7 Å². The van der Waals surface area contributed by atoms with Crippen LogP contribution >= 0.6 is 0 Å². The number of ether oxygens (including phenoxy) is 1. The molecule has 1 aliphatic carbocycles. The molecule has 3 aromatic carbocycles. The Bertz CT molecular complexity index is 1790. The van der Waals surface area contributed by atoms with Gasteiger partial charge in [-0.05, 0) is 74.6 Å². The van der Waals surface area contributed by atoms with Crippen LogP contribution in [0.2, 0.25) is 0 Å². The topological polar surface area (TPSA) is 95.2 Å². The van der Waals surface area contributed by atoms with Gasteiger partial charge >= 0.3 is 13.1 Å². The third-order valence-corrected chi connectivity index (χ3v) is 8.00. The number of fused-ring (bicyclic) bond motifs is 2. The molecule has 6 rings (SSSR count). The normalized spacial score (nSPS) is 15.9. The van der Waals surface area contributed by atoms with Gasteiger partial charge in [-0.1, -0.05) is 42.5 Å². The van der Waals surface area contributed by atoms with E-state index in [2.05, 4.69) is 0 Å². The smallest absolute Gasteiger partial charge is 0.489 e. The zero-order valence-electron chi connectivity index (χ0n) is 23.3.